The van der Waals surface area contributed by atoms with Crippen LogP contribution >= 0.6 is 0 Å². The molecule has 1 aromatic carbocycles. The third-order valence-electron chi connectivity index (χ3n) is 8.29. The third-order valence-corrected chi connectivity index (χ3v) is 9.56. The average molecular weight is 591 g/mol. The first kappa shape index (κ1) is 27.6. The van der Waals surface area contributed by atoms with Crippen LogP contribution in [0.5, 0.6) is 0 Å². The van der Waals surface area contributed by atoms with E-state index in [1.54, 1.807) is 27.5 Å². The van der Waals surface area contributed by atoms with Crippen LogP contribution in [-0.2, 0) is 10.0 Å². The molecule has 0 bridgehead atoms. The largest absolute Gasteiger partial charge is 0.395 e. The fourth-order valence-corrected chi connectivity index (χ4v) is 6.44. The molecule has 0 radical (unpaired) electrons. The Morgan fingerprint density at radius 3 is 2.39 bits per heavy atom. The summed E-state index contributed by atoms with van der Waals surface area (Å²) in [5, 5.41) is 19.9. The van der Waals surface area contributed by atoms with E-state index in [1.807, 2.05) is 0 Å². The van der Waals surface area contributed by atoms with Crippen LogP contribution in [0.2, 0.25) is 0 Å². The molecule has 1 aliphatic carbocycles. The van der Waals surface area contributed by atoms with Gasteiger partial charge in [-0.3, -0.25) is 13.9 Å². The lowest BCUT2D eigenvalue weighted by Gasteiger charge is -2.35. The van der Waals surface area contributed by atoms with Gasteiger partial charge < -0.3 is 20.2 Å². The Kier molecular flexibility index (Phi) is 6.96. The number of aromatic nitrogens is 4. The molecule has 0 unspecified atom stereocenters. The Labute approximate surface area is 235 Å². The monoisotopic (exact) mass is 590 g/mol. The molecule has 12 nitrogen and oxygen atoms in total. The highest BCUT2D eigenvalue weighted by Crippen LogP contribution is 2.54. The Hall–Kier alpha value is -3.59. The second-order valence-electron chi connectivity index (χ2n) is 11.2. The standard InChI is InChI=1S/C26H32F2N8O4S/c27-26(28)7-11-35(12-8-26)24-31-21(16-22-32-29-17-36(22)24)30-23(38)19-2-1-18(33-41(39,40)14-13-37)15-20(19)34-9-5-25(3-4-25)6-10-34/h1-2,15-17,33,37H,3-14H2,(H,30,38). The van der Waals surface area contributed by atoms with E-state index < -0.39 is 34.2 Å². The van der Waals surface area contributed by atoms with Gasteiger partial charge in [-0.25, -0.2) is 17.2 Å². The zero-order valence-electron chi connectivity index (χ0n) is 22.4. The number of hydrogen-bond donors (Lipinski definition) is 3. The molecule has 0 atom stereocenters. The highest BCUT2D eigenvalue weighted by atomic mass is 32.2. The topological polar surface area (TPSA) is 145 Å². The number of nitrogens with zero attached hydrogens (tertiary/aromatic N) is 6. The molecule has 2 aliphatic heterocycles. The summed E-state index contributed by atoms with van der Waals surface area (Å²) in [6.07, 6.45) is 5.27. The van der Waals surface area contributed by atoms with Gasteiger partial charge in [0.1, 0.15) is 12.1 Å². The molecule has 41 heavy (non-hydrogen) atoms. The number of benzene rings is 1. The summed E-state index contributed by atoms with van der Waals surface area (Å²) in [6.45, 7) is 1.15. The fourth-order valence-electron chi connectivity index (χ4n) is 5.62. The number of carbonyl (C=O) groups excluding carboxylic acids is 1. The van der Waals surface area contributed by atoms with E-state index in [0.29, 0.717) is 33.9 Å². The van der Waals surface area contributed by atoms with Crippen molar-refractivity contribution in [3.63, 3.8) is 0 Å². The van der Waals surface area contributed by atoms with E-state index in [4.69, 9.17) is 5.11 Å². The van der Waals surface area contributed by atoms with Crippen LogP contribution in [0.4, 0.5) is 31.9 Å². The maximum Gasteiger partial charge on any atom is 0.258 e. The van der Waals surface area contributed by atoms with E-state index in [0.717, 1.165) is 25.9 Å². The summed E-state index contributed by atoms with van der Waals surface area (Å²) in [4.78, 5) is 22.0. The predicted molar refractivity (Wildman–Crippen MR) is 149 cm³/mol. The number of carbonyl (C=O) groups is 1. The van der Waals surface area contributed by atoms with Gasteiger partial charge in [-0.05, 0) is 49.3 Å². The molecule has 1 spiro atoms. The minimum Gasteiger partial charge on any atom is -0.395 e. The predicted octanol–water partition coefficient (Wildman–Crippen LogP) is 2.73. The molecule has 3 fully saturated rings. The van der Waals surface area contributed by atoms with Crippen LogP contribution in [-0.4, -0.2) is 83.5 Å². The minimum atomic E-state index is -3.76. The molecule has 15 heteroatoms. The van der Waals surface area contributed by atoms with Crippen molar-refractivity contribution in [3.8, 4) is 0 Å². The van der Waals surface area contributed by atoms with Crippen LogP contribution in [0, 0.1) is 5.41 Å². The number of aliphatic hydroxyl groups excluding tert-OH is 1. The highest BCUT2D eigenvalue weighted by Gasteiger charge is 2.44. The van der Waals surface area contributed by atoms with Gasteiger partial charge >= 0.3 is 0 Å². The molecule has 2 saturated heterocycles. The van der Waals surface area contributed by atoms with Crippen LogP contribution < -0.4 is 19.8 Å². The molecule has 1 amide bonds. The molecule has 3 aliphatic rings. The summed E-state index contributed by atoms with van der Waals surface area (Å²) in [5.41, 5.74) is 2.02. The number of rotatable bonds is 8. The van der Waals surface area contributed by atoms with Gasteiger partial charge in [-0.1, -0.05) is 0 Å². The lowest BCUT2D eigenvalue weighted by atomic mass is 9.93. The number of aliphatic hydroxyl groups is 1. The fraction of sp³-hybridized carbons (Fsp3) is 0.538. The molecule has 4 heterocycles. The number of fused-ring (bicyclic) bond motifs is 1. The summed E-state index contributed by atoms with van der Waals surface area (Å²) in [6, 6.07) is 6.27. The number of piperidine rings is 2. The molecule has 220 valence electrons. The lowest BCUT2D eigenvalue weighted by molar-refractivity contribution is -0.0222. The highest BCUT2D eigenvalue weighted by molar-refractivity contribution is 7.92. The maximum absolute atomic E-state index is 13.8. The first-order valence-electron chi connectivity index (χ1n) is 13.7. The number of anilines is 4. The van der Waals surface area contributed by atoms with Gasteiger partial charge in [0.05, 0.1) is 29.3 Å². The second kappa shape index (κ2) is 10.4. The smallest absolute Gasteiger partial charge is 0.258 e. The number of nitrogens with one attached hydrogen (secondary N) is 2. The first-order chi connectivity index (χ1) is 19.6. The van der Waals surface area contributed by atoms with E-state index in [1.165, 1.54) is 25.2 Å². The number of hydrogen-bond acceptors (Lipinski definition) is 9. The van der Waals surface area contributed by atoms with E-state index in [9.17, 15) is 22.0 Å². The Balaban J connectivity index is 1.29. The molecule has 3 N–H and O–H groups in total. The molecule has 2 aromatic heterocycles. The van der Waals surface area contributed by atoms with Crippen molar-refractivity contribution in [2.75, 3.05) is 58.4 Å². The number of sulfonamides is 1. The van der Waals surface area contributed by atoms with Crippen LogP contribution in [0.3, 0.4) is 0 Å². The van der Waals surface area contributed by atoms with Gasteiger partial charge in [0, 0.05) is 45.1 Å². The van der Waals surface area contributed by atoms with Crippen molar-refractivity contribution in [2.45, 2.75) is 44.4 Å². The van der Waals surface area contributed by atoms with Crippen molar-refractivity contribution in [1.82, 2.24) is 19.6 Å². The first-order valence-corrected chi connectivity index (χ1v) is 15.4. The molecule has 1 saturated carbocycles. The van der Waals surface area contributed by atoms with Gasteiger partial charge in [0.25, 0.3) is 11.8 Å². The van der Waals surface area contributed by atoms with Gasteiger partial charge in [-0.2, -0.15) is 4.98 Å². The summed E-state index contributed by atoms with van der Waals surface area (Å²) in [7, 11) is -3.76. The normalized spacial score (nSPS) is 19.9. The van der Waals surface area contributed by atoms with Gasteiger partial charge in [-0.15, -0.1) is 10.2 Å². The zero-order chi connectivity index (χ0) is 28.8. The maximum atomic E-state index is 13.8. The summed E-state index contributed by atoms with van der Waals surface area (Å²) < 4.78 is 56.2. The van der Waals surface area contributed by atoms with Gasteiger partial charge in [0.15, 0.2) is 5.65 Å². The Morgan fingerprint density at radius 2 is 1.71 bits per heavy atom. The van der Waals surface area contributed by atoms with Crippen LogP contribution in [0.25, 0.3) is 5.65 Å². The average Bonchev–Trinajstić information content (AvgIpc) is 3.50. The van der Waals surface area contributed by atoms with Crippen molar-refractivity contribution >= 4 is 44.7 Å². The van der Waals surface area contributed by atoms with E-state index >= 15 is 0 Å². The Bertz CT molecular complexity index is 1560. The van der Waals surface area contributed by atoms with Crippen LogP contribution in [0.1, 0.15) is 48.9 Å². The molecule has 6 rings (SSSR count). The summed E-state index contributed by atoms with van der Waals surface area (Å²) in [5.74, 6) is -3.07. The number of halogens is 2. The van der Waals surface area contributed by atoms with Crippen molar-refractivity contribution < 1.29 is 27.1 Å². The minimum absolute atomic E-state index is 0.0962. The van der Waals surface area contributed by atoms with E-state index in [2.05, 4.69) is 30.1 Å². The number of amides is 1. The molecular formula is C26H32F2N8O4S. The van der Waals surface area contributed by atoms with Gasteiger partial charge in [0.2, 0.25) is 16.0 Å². The molecular weight excluding hydrogens is 558 g/mol. The van der Waals surface area contributed by atoms with Crippen LogP contribution in [0.15, 0.2) is 30.6 Å². The SMILES string of the molecule is O=C(Nc1cc2nncn2c(N2CCC(F)(F)CC2)n1)c1ccc(NS(=O)(=O)CCO)cc1N1CCC2(CC1)CC2. The summed E-state index contributed by atoms with van der Waals surface area (Å²) >= 11 is 0. The number of alkyl halides is 2. The van der Waals surface area contributed by atoms with Crippen molar-refractivity contribution in [2.24, 2.45) is 5.41 Å². The second-order valence-corrected chi connectivity index (χ2v) is 13.0. The quantitative estimate of drug-likeness (QED) is 0.361. The van der Waals surface area contributed by atoms with Crippen molar-refractivity contribution in [3.05, 3.63) is 36.2 Å². The van der Waals surface area contributed by atoms with E-state index in [-0.39, 0.29) is 31.7 Å². The zero-order valence-corrected chi connectivity index (χ0v) is 23.2. The Morgan fingerprint density at radius 1 is 1.00 bits per heavy atom. The lowest BCUT2D eigenvalue weighted by Crippen LogP contribution is -2.40. The third kappa shape index (κ3) is 5.91. The van der Waals surface area contributed by atoms with Crippen molar-refractivity contribution in [1.29, 1.82) is 0 Å². The molecule has 3 aromatic rings.